The molecule has 1 heterocycles. The Hall–Kier alpha value is -2.82. The first-order valence-electron chi connectivity index (χ1n) is 6.77. The number of nitrogens with zero attached hydrogens (tertiary/aromatic N) is 1. The van der Waals surface area contributed by atoms with Crippen LogP contribution in [0.1, 0.15) is 11.3 Å². The molecule has 0 bridgehead atoms. The van der Waals surface area contributed by atoms with Crippen molar-refractivity contribution >= 4 is 17.8 Å². The summed E-state index contributed by atoms with van der Waals surface area (Å²) in [6.07, 6.45) is 3.10. The van der Waals surface area contributed by atoms with Gasteiger partial charge in [0.15, 0.2) is 0 Å². The molecule has 0 fully saturated rings. The normalized spacial score (nSPS) is 10.5. The Balaban J connectivity index is 2.12. The van der Waals surface area contributed by atoms with E-state index in [4.69, 9.17) is 9.47 Å². The molecule has 2 aromatic rings. The van der Waals surface area contributed by atoms with Gasteiger partial charge in [0.25, 0.3) is 0 Å². The number of rotatable bonds is 5. The molecule has 1 aromatic heterocycles. The number of aryl methyl sites for hydroxylation is 1. The highest BCUT2D eigenvalue weighted by Gasteiger charge is 2.04. The molecule has 22 heavy (non-hydrogen) atoms. The molecule has 1 N–H and O–H groups in total. The predicted octanol–water partition coefficient (Wildman–Crippen LogP) is 3.06. The van der Waals surface area contributed by atoms with Gasteiger partial charge in [-0.1, -0.05) is 6.07 Å². The lowest BCUT2D eigenvalue weighted by Crippen LogP contribution is -2.09. The molecular formula is C17H18N2O3. The summed E-state index contributed by atoms with van der Waals surface area (Å²) in [4.78, 5) is 16.2. The number of carbonyl (C=O) groups excluding carboxylic acids is 1. The molecule has 5 nitrogen and oxygen atoms in total. The van der Waals surface area contributed by atoms with Gasteiger partial charge >= 0.3 is 0 Å². The van der Waals surface area contributed by atoms with Crippen molar-refractivity contribution in [1.82, 2.24) is 4.98 Å². The van der Waals surface area contributed by atoms with Crippen molar-refractivity contribution in [3.05, 3.63) is 53.7 Å². The second-order valence-electron chi connectivity index (χ2n) is 4.59. The monoisotopic (exact) mass is 298 g/mol. The lowest BCUT2D eigenvalue weighted by molar-refractivity contribution is -0.111. The molecule has 0 saturated carbocycles. The third kappa shape index (κ3) is 4.09. The average molecular weight is 298 g/mol. The van der Waals surface area contributed by atoms with Crippen LogP contribution in [0.3, 0.4) is 0 Å². The lowest BCUT2D eigenvalue weighted by Gasteiger charge is -2.07. The van der Waals surface area contributed by atoms with Crippen molar-refractivity contribution < 1.29 is 14.3 Å². The van der Waals surface area contributed by atoms with Gasteiger partial charge in [-0.15, -0.1) is 0 Å². The number of benzene rings is 1. The van der Waals surface area contributed by atoms with Crippen molar-refractivity contribution in [2.75, 3.05) is 19.5 Å². The van der Waals surface area contributed by atoms with Crippen molar-refractivity contribution in [3.8, 4) is 11.5 Å². The number of anilines is 1. The van der Waals surface area contributed by atoms with Gasteiger partial charge < -0.3 is 14.8 Å². The van der Waals surface area contributed by atoms with E-state index in [1.54, 1.807) is 44.6 Å². The number of pyridine rings is 1. The molecule has 0 unspecified atom stereocenters. The maximum absolute atomic E-state index is 11.9. The molecule has 2 rings (SSSR count). The van der Waals surface area contributed by atoms with E-state index >= 15 is 0 Å². The van der Waals surface area contributed by atoms with Gasteiger partial charge in [-0.2, -0.15) is 0 Å². The Morgan fingerprint density at radius 3 is 2.68 bits per heavy atom. The van der Waals surface area contributed by atoms with Gasteiger partial charge in [-0.25, -0.2) is 4.98 Å². The van der Waals surface area contributed by atoms with Crippen LogP contribution in [0.4, 0.5) is 5.82 Å². The summed E-state index contributed by atoms with van der Waals surface area (Å²) in [5, 5.41) is 2.71. The second kappa shape index (κ2) is 7.26. The molecule has 1 amide bonds. The fourth-order valence-corrected chi connectivity index (χ4v) is 1.92. The SMILES string of the molecule is COc1ccc(OC)c(C=CC(=O)Nc2cccc(C)n2)c1. The van der Waals surface area contributed by atoms with Crippen LogP contribution in [0, 0.1) is 6.92 Å². The number of nitrogens with one attached hydrogen (secondary N) is 1. The summed E-state index contributed by atoms with van der Waals surface area (Å²) in [6, 6.07) is 10.8. The van der Waals surface area contributed by atoms with E-state index in [-0.39, 0.29) is 5.91 Å². The number of ether oxygens (including phenoxy) is 2. The highest BCUT2D eigenvalue weighted by atomic mass is 16.5. The Bertz CT molecular complexity index is 696. The quantitative estimate of drug-likeness (QED) is 0.862. The topological polar surface area (TPSA) is 60.5 Å². The molecule has 0 saturated heterocycles. The van der Waals surface area contributed by atoms with Crippen LogP contribution in [0.2, 0.25) is 0 Å². The molecule has 0 radical (unpaired) electrons. The predicted molar refractivity (Wildman–Crippen MR) is 86.2 cm³/mol. The molecule has 0 aliphatic rings. The minimum absolute atomic E-state index is 0.261. The van der Waals surface area contributed by atoms with E-state index in [9.17, 15) is 4.79 Å². The maximum Gasteiger partial charge on any atom is 0.249 e. The van der Waals surface area contributed by atoms with E-state index in [1.807, 2.05) is 19.1 Å². The molecule has 0 aliphatic heterocycles. The number of carbonyl (C=O) groups is 1. The van der Waals surface area contributed by atoms with E-state index in [0.29, 0.717) is 17.3 Å². The van der Waals surface area contributed by atoms with Crippen molar-refractivity contribution in [2.24, 2.45) is 0 Å². The average Bonchev–Trinajstić information content (AvgIpc) is 2.52. The third-order valence-electron chi connectivity index (χ3n) is 2.99. The van der Waals surface area contributed by atoms with Gasteiger partial charge in [0.2, 0.25) is 5.91 Å². The molecule has 1 aromatic carbocycles. The Kier molecular flexibility index (Phi) is 5.14. The van der Waals surface area contributed by atoms with Crippen LogP contribution in [-0.2, 0) is 4.79 Å². The van der Waals surface area contributed by atoms with Crippen LogP contribution in [0.15, 0.2) is 42.5 Å². The zero-order chi connectivity index (χ0) is 15.9. The largest absolute Gasteiger partial charge is 0.497 e. The minimum atomic E-state index is -0.261. The van der Waals surface area contributed by atoms with Crippen LogP contribution in [-0.4, -0.2) is 25.1 Å². The summed E-state index contributed by atoms with van der Waals surface area (Å²) < 4.78 is 10.4. The van der Waals surface area contributed by atoms with Crippen molar-refractivity contribution in [2.45, 2.75) is 6.92 Å². The van der Waals surface area contributed by atoms with Gasteiger partial charge in [-0.3, -0.25) is 4.79 Å². The Morgan fingerprint density at radius 2 is 2.00 bits per heavy atom. The first-order valence-corrected chi connectivity index (χ1v) is 6.77. The van der Waals surface area contributed by atoms with Crippen LogP contribution >= 0.6 is 0 Å². The minimum Gasteiger partial charge on any atom is -0.497 e. The molecular weight excluding hydrogens is 280 g/mol. The van der Waals surface area contributed by atoms with Crippen molar-refractivity contribution in [1.29, 1.82) is 0 Å². The van der Waals surface area contributed by atoms with Crippen molar-refractivity contribution in [3.63, 3.8) is 0 Å². The van der Waals surface area contributed by atoms with E-state index in [2.05, 4.69) is 10.3 Å². The fourth-order valence-electron chi connectivity index (χ4n) is 1.92. The van der Waals surface area contributed by atoms with E-state index in [1.165, 1.54) is 6.08 Å². The summed E-state index contributed by atoms with van der Waals surface area (Å²) in [6.45, 7) is 1.87. The highest BCUT2D eigenvalue weighted by Crippen LogP contribution is 2.25. The molecule has 114 valence electrons. The summed E-state index contributed by atoms with van der Waals surface area (Å²) >= 11 is 0. The smallest absolute Gasteiger partial charge is 0.249 e. The van der Waals surface area contributed by atoms with E-state index < -0.39 is 0 Å². The Labute approximate surface area is 129 Å². The van der Waals surface area contributed by atoms with Crippen LogP contribution in [0.5, 0.6) is 11.5 Å². The Morgan fingerprint density at radius 1 is 1.18 bits per heavy atom. The molecule has 0 aliphatic carbocycles. The molecule has 5 heteroatoms. The number of aromatic nitrogens is 1. The van der Waals surface area contributed by atoms with Gasteiger partial charge in [0, 0.05) is 17.3 Å². The van der Waals surface area contributed by atoms with Gasteiger partial charge in [0.1, 0.15) is 17.3 Å². The number of hydrogen-bond acceptors (Lipinski definition) is 4. The lowest BCUT2D eigenvalue weighted by atomic mass is 10.1. The van der Waals surface area contributed by atoms with E-state index in [0.717, 1.165) is 11.3 Å². The number of methoxy groups -OCH3 is 2. The first kappa shape index (κ1) is 15.6. The number of amides is 1. The number of hydrogen-bond donors (Lipinski definition) is 1. The summed E-state index contributed by atoms with van der Waals surface area (Å²) in [7, 11) is 3.17. The highest BCUT2D eigenvalue weighted by molar-refractivity contribution is 6.01. The maximum atomic E-state index is 11.9. The van der Waals surface area contributed by atoms with Crippen LogP contribution < -0.4 is 14.8 Å². The summed E-state index contributed by atoms with van der Waals surface area (Å²) in [5.74, 6) is 1.62. The third-order valence-corrected chi connectivity index (χ3v) is 2.99. The zero-order valence-electron chi connectivity index (χ0n) is 12.8. The standard InChI is InChI=1S/C17H18N2O3/c1-12-5-4-6-16(18-12)19-17(20)10-7-13-11-14(21-2)8-9-15(13)22-3/h4-11H,1-3H3,(H,18,19,20). The van der Waals surface area contributed by atoms with Gasteiger partial charge in [0.05, 0.1) is 14.2 Å². The molecule has 0 spiro atoms. The van der Waals surface area contributed by atoms with Crippen LogP contribution in [0.25, 0.3) is 6.08 Å². The first-order chi connectivity index (χ1) is 10.6. The second-order valence-corrected chi connectivity index (χ2v) is 4.59. The van der Waals surface area contributed by atoms with Gasteiger partial charge in [-0.05, 0) is 43.3 Å². The fraction of sp³-hybridized carbons (Fsp3) is 0.176. The molecule has 0 atom stereocenters. The zero-order valence-corrected chi connectivity index (χ0v) is 12.8. The summed E-state index contributed by atoms with van der Waals surface area (Å²) in [5.41, 5.74) is 1.60.